The number of likely N-dealkylation sites (tertiary alicyclic amines) is 1. The van der Waals surface area contributed by atoms with Crippen molar-refractivity contribution in [1.82, 2.24) is 14.9 Å². The number of nitrogens with zero attached hydrogens (tertiary/aromatic N) is 4. The Morgan fingerprint density at radius 3 is 3.12 bits per heavy atom. The summed E-state index contributed by atoms with van der Waals surface area (Å²) in [6.07, 6.45) is 3.85. The summed E-state index contributed by atoms with van der Waals surface area (Å²) in [6, 6.07) is 13.8. The van der Waals surface area contributed by atoms with Crippen LogP contribution in [0.3, 0.4) is 0 Å². The highest BCUT2D eigenvalue weighted by Crippen LogP contribution is 2.36. The molecule has 2 fully saturated rings. The minimum atomic E-state index is -0.0702. The zero-order valence-corrected chi connectivity index (χ0v) is 14.1. The number of pyridine rings is 2. The first-order valence-electron chi connectivity index (χ1n) is 8.65. The maximum atomic E-state index is 8.97. The summed E-state index contributed by atoms with van der Waals surface area (Å²) in [7, 11) is 0. The third-order valence-electron chi connectivity index (χ3n) is 4.93. The number of nitriles is 1. The highest BCUT2D eigenvalue weighted by atomic mass is 16.5. The first-order valence-corrected chi connectivity index (χ1v) is 8.65. The van der Waals surface area contributed by atoms with Gasteiger partial charge < -0.3 is 10.1 Å². The minimum absolute atomic E-state index is 0.0702. The molecule has 0 amide bonds. The molecule has 4 rings (SSSR count). The van der Waals surface area contributed by atoms with Crippen LogP contribution in [-0.2, 0) is 11.3 Å². The van der Waals surface area contributed by atoms with Gasteiger partial charge in [-0.2, -0.15) is 5.26 Å². The predicted molar refractivity (Wildman–Crippen MR) is 93.8 cm³/mol. The van der Waals surface area contributed by atoms with Crippen molar-refractivity contribution in [1.29, 1.82) is 5.26 Å². The monoisotopic (exact) mass is 335 g/mol. The van der Waals surface area contributed by atoms with Crippen molar-refractivity contribution in [2.45, 2.75) is 31.0 Å². The van der Waals surface area contributed by atoms with Crippen molar-refractivity contribution in [2.75, 3.05) is 25.0 Å². The van der Waals surface area contributed by atoms with Crippen LogP contribution in [0.2, 0.25) is 0 Å². The van der Waals surface area contributed by atoms with Gasteiger partial charge in [0, 0.05) is 32.3 Å². The van der Waals surface area contributed by atoms with E-state index < -0.39 is 0 Å². The first kappa shape index (κ1) is 16.0. The maximum Gasteiger partial charge on any atom is 0.142 e. The van der Waals surface area contributed by atoms with Crippen molar-refractivity contribution in [3.63, 3.8) is 0 Å². The molecule has 0 aliphatic carbocycles. The molecule has 0 radical (unpaired) electrons. The quantitative estimate of drug-likeness (QED) is 0.923. The van der Waals surface area contributed by atoms with Gasteiger partial charge in [-0.15, -0.1) is 0 Å². The number of hydrogen-bond acceptors (Lipinski definition) is 6. The van der Waals surface area contributed by atoms with Crippen molar-refractivity contribution in [3.05, 3.63) is 54.0 Å². The normalized spacial score (nSPS) is 26.0. The summed E-state index contributed by atoms with van der Waals surface area (Å²) in [5.74, 6) is 0.744. The molecule has 0 unspecified atom stereocenters. The Kier molecular flexibility index (Phi) is 4.35. The van der Waals surface area contributed by atoms with E-state index in [0.717, 1.165) is 44.0 Å². The topological polar surface area (TPSA) is 74.1 Å². The lowest BCUT2D eigenvalue weighted by Crippen LogP contribution is -2.33. The van der Waals surface area contributed by atoms with Gasteiger partial charge in [-0.05, 0) is 30.7 Å². The van der Waals surface area contributed by atoms with E-state index in [2.05, 4.69) is 32.3 Å². The van der Waals surface area contributed by atoms with E-state index >= 15 is 0 Å². The zero-order chi connectivity index (χ0) is 17.1. The second kappa shape index (κ2) is 6.79. The van der Waals surface area contributed by atoms with Crippen molar-refractivity contribution in [3.8, 4) is 6.07 Å². The van der Waals surface area contributed by atoms with Crippen LogP contribution >= 0.6 is 0 Å². The van der Waals surface area contributed by atoms with E-state index in [9.17, 15) is 0 Å². The van der Waals surface area contributed by atoms with Crippen LogP contribution in [0.4, 0.5) is 5.82 Å². The summed E-state index contributed by atoms with van der Waals surface area (Å²) in [5.41, 5.74) is 1.46. The summed E-state index contributed by atoms with van der Waals surface area (Å²) >= 11 is 0. The Bertz CT molecular complexity index is 775. The second-order valence-corrected chi connectivity index (χ2v) is 6.84. The standard InChI is InChI=1S/C19H21N5O/c20-11-15-5-3-6-18(22-15)23-17-10-19(25-13-17)7-9-24(14-19)12-16-4-1-2-8-21-16/h1-6,8,17H,7,9-10,12-14H2,(H,22,23)/t17-,19-/m0/s1. The molecule has 0 saturated carbocycles. The van der Waals surface area contributed by atoms with Crippen LogP contribution in [-0.4, -0.2) is 46.2 Å². The molecule has 0 bridgehead atoms. The fraction of sp³-hybridized carbons (Fsp3) is 0.421. The van der Waals surface area contributed by atoms with Crippen LogP contribution in [0.25, 0.3) is 0 Å². The fourth-order valence-corrected chi connectivity index (χ4v) is 3.79. The number of nitrogens with one attached hydrogen (secondary N) is 1. The molecule has 1 spiro atoms. The van der Waals surface area contributed by atoms with Crippen LogP contribution in [0.5, 0.6) is 0 Å². The molecule has 2 atom stereocenters. The highest BCUT2D eigenvalue weighted by Gasteiger charge is 2.45. The minimum Gasteiger partial charge on any atom is -0.371 e. The summed E-state index contributed by atoms with van der Waals surface area (Å²) in [6.45, 7) is 3.52. The lowest BCUT2D eigenvalue weighted by Gasteiger charge is -2.23. The van der Waals surface area contributed by atoms with Crippen LogP contribution in [0, 0.1) is 11.3 Å². The summed E-state index contributed by atoms with van der Waals surface area (Å²) in [4.78, 5) is 11.1. The molecule has 6 nitrogen and oxygen atoms in total. The Morgan fingerprint density at radius 2 is 2.28 bits per heavy atom. The van der Waals surface area contributed by atoms with E-state index in [1.165, 1.54) is 0 Å². The van der Waals surface area contributed by atoms with Gasteiger partial charge in [-0.25, -0.2) is 4.98 Å². The average Bonchev–Trinajstić information content (AvgIpc) is 3.22. The maximum absolute atomic E-state index is 8.97. The van der Waals surface area contributed by atoms with Gasteiger partial charge in [0.05, 0.1) is 23.9 Å². The van der Waals surface area contributed by atoms with Gasteiger partial charge in [0.2, 0.25) is 0 Å². The van der Waals surface area contributed by atoms with Crippen molar-refractivity contribution >= 4 is 5.82 Å². The molecule has 0 aromatic carbocycles. The van der Waals surface area contributed by atoms with Gasteiger partial charge >= 0.3 is 0 Å². The van der Waals surface area contributed by atoms with Crippen LogP contribution < -0.4 is 5.32 Å². The molecular weight excluding hydrogens is 314 g/mol. The lowest BCUT2D eigenvalue weighted by atomic mass is 9.97. The molecule has 25 heavy (non-hydrogen) atoms. The number of hydrogen-bond donors (Lipinski definition) is 1. The molecule has 2 aromatic rings. The Balaban J connectivity index is 1.35. The fourth-order valence-electron chi connectivity index (χ4n) is 3.79. The molecule has 2 aliphatic heterocycles. The molecular formula is C19H21N5O. The molecule has 6 heteroatoms. The molecule has 2 aromatic heterocycles. The highest BCUT2D eigenvalue weighted by molar-refractivity contribution is 5.39. The Morgan fingerprint density at radius 1 is 1.32 bits per heavy atom. The SMILES string of the molecule is N#Cc1cccc(N[C@@H]2CO[C@@]3(CCN(Cc4ccccn4)C3)C2)n1. The number of anilines is 1. The molecule has 128 valence electrons. The Hall–Kier alpha value is -2.49. The second-order valence-electron chi connectivity index (χ2n) is 6.84. The molecule has 1 N–H and O–H groups in total. The number of ether oxygens (including phenoxy) is 1. The number of rotatable bonds is 4. The number of aromatic nitrogens is 2. The first-order chi connectivity index (χ1) is 12.2. The van der Waals surface area contributed by atoms with E-state index in [1.54, 1.807) is 6.07 Å². The third-order valence-corrected chi connectivity index (χ3v) is 4.93. The van der Waals surface area contributed by atoms with Gasteiger partial charge in [-0.1, -0.05) is 12.1 Å². The molecule has 2 saturated heterocycles. The van der Waals surface area contributed by atoms with Gasteiger partial charge in [0.15, 0.2) is 0 Å². The average molecular weight is 335 g/mol. The van der Waals surface area contributed by atoms with Gasteiger partial charge in [-0.3, -0.25) is 9.88 Å². The van der Waals surface area contributed by atoms with E-state index in [4.69, 9.17) is 10.00 Å². The van der Waals surface area contributed by atoms with E-state index in [0.29, 0.717) is 12.3 Å². The zero-order valence-electron chi connectivity index (χ0n) is 14.1. The smallest absolute Gasteiger partial charge is 0.142 e. The predicted octanol–water partition coefficient (Wildman–Crippen LogP) is 2.19. The van der Waals surface area contributed by atoms with Crippen LogP contribution in [0.15, 0.2) is 42.6 Å². The van der Waals surface area contributed by atoms with Gasteiger partial charge in [0.25, 0.3) is 0 Å². The summed E-state index contributed by atoms with van der Waals surface area (Å²) in [5, 5.41) is 12.4. The summed E-state index contributed by atoms with van der Waals surface area (Å²) < 4.78 is 6.19. The van der Waals surface area contributed by atoms with E-state index in [-0.39, 0.29) is 11.6 Å². The van der Waals surface area contributed by atoms with E-state index in [1.807, 2.05) is 30.5 Å². The third kappa shape index (κ3) is 3.63. The lowest BCUT2D eigenvalue weighted by molar-refractivity contribution is 0.0119. The van der Waals surface area contributed by atoms with Gasteiger partial charge in [0.1, 0.15) is 17.6 Å². The van der Waals surface area contributed by atoms with Crippen LogP contribution in [0.1, 0.15) is 24.2 Å². The largest absolute Gasteiger partial charge is 0.371 e. The molecule has 4 heterocycles. The molecule has 2 aliphatic rings. The van der Waals surface area contributed by atoms with Crippen molar-refractivity contribution < 1.29 is 4.74 Å². The van der Waals surface area contributed by atoms with Crippen molar-refractivity contribution in [2.24, 2.45) is 0 Å². The Labute approximate surface area is 147 Å².